The average Bonchev–Trinajstić information content (AvgIpc) is 2.49. The quantitative estimate of drug-likeness (QED) is 0.759. The fourth-order valence-corrected chi connectivity index (χ4v) is 1.89. The molecule has 1 aromatic carbocycles. The molecule has 0 spiro atoms. The van der Waals surface area contributed by atoms with Crippen LogP contribution in [0.5, 0.6) is 17.2 Å². The topological polar surface area (TPSA) is 82.8 Å². The van der Waals surface area contributed by atoms with Crippen molar-refractivity contribution in [3.63, 3.8) is 0 Å². The van der Waals surface area contributed by atoms with Crippen molar-refractivity contribution >= 4 is 18.3 Å². The molecule has 7 heteroatoms. The van der Waals surface area contributed by atoms with Crippen molar-refractivity contribution in [2.45, 2.75) is 32.4 Å². The summed E-state index contributed by atoms with van der Waals surface area (Å²) in [5, 5.41) is 2.85. The van der Waals surface area contributed by atoms with Crippen LogP contribution >= 0.6 is 12.4 Å². The van der Waals surface area contributed by atoms with Gasteiger partial charge < -0.3 is 25.3 Å². The maximum absolute atomic E-state index is 11.8. The van der Waals surface area contributed by atoms with Crippen molar-refractivity contribution < 1.29 is 19.0 Å². The van der Waals surface area contributed by atoms with E-state index < -0.39 is 0 Å². The Morgan fingerprint density at radius 3 is 2.14 bits per heavy atom. The Labute approximate surface area is 137 Å². The number of amides is 1. The van der Waals surface area contributed by atoms with Crippen LogP contribution in [-0.2, 0) is 11.3 Å². The third-order valence-electron chi connectivity index (χ3n) is 3.11. The van der Waals surface area contributed by atoms with Crippen LogP contribution in [0.15, 0.2) is 12.1 Å². The maximum atomic E-state index is 11.8. The molecule has 0 aliphatic heterocycles. The van der Waals surface area contributed by atoms with Crippen LogP contribution in [0.3, 0.4) is 0 Å². The van der Waals surface area contributed by atoms with E-state index in [0.717, 1.165) is 5.56 Å². The Bertz CT molecular complexity index is 456. The Kier molecular flexibility index (Phi) is 9.37. The number of halogens is 1. The molecule has 0 saturated carbocycles. The molecular formula is C15H25ClN2O4. The lowest BCUT2D eigenvalue weighted by atomic mass is 10.1. The molecule has 0 saturated heterocycles. The van der Waals surface area contributed by atoms with Gasteiger partial charge in [-0.05, 0) is 13.3 Å². The molecule has 0 aliphatic rings. The number of nitrogens with one attached hydrogen (secondary N) is 1. The van der Waals surface area contributed by atoms with Gasteiger partial charge in [0, 0.05) is 24.6 Å². The molecule has 0 bridgehead atoms. The Morgan fingerprint density at radius 1 is 1.18 bits per heavy atom. The van der Waals surface area contributed by atoms with Gasteiger partial charge in [-0.15, -0.1) is 12.4 Å². The monoisotopic (exact) mass is 332 g/mol. The molecule has 6 nitrogen and oxygen atoms in total. The number of hydrogen-bond donors (Lipinski definition) is 2. The molecule has 1 atom stereocenters. The summed E-state index contributed by atoms with van der Waals surface area (Å²) in [7, 11) is 4.70. The van der Waals surface area contributed by atoms with Gasteiger partial charge in [0.15, 0.2) is 0 Å². The number of ether oxygens (including phenoxy) is 3. The van der Waals surface area contributed by atoms with E-state index in [1.165, 1.54) is 0 Å². The number of nitrogens with two attached hydrogens (primary N) is 1. The van der Waals surface area contributed by atoms with E-state index in [0.29, 0.717) is 36.6 Å². The lowest BCUT2D eigenvalue weighted by Gasteiger charge is -2.15. The molecule has 1 amide bonds. The first-order valence-corrected chi connectivity index (χ1v) is 6.83. The number of methoxy groups -OCH3 is 3. The minimum Gasteiger partial charge on any atom is -0.496 e. The molecule has 0 aromatic heterocycles. The minimum atomic E-state index is -0.0489. The highest BCUT2D eigenvalue weighted by molar-refractivity contribution is 5.85. The Morgan fingerprint density at radius 2 is 1.73 bits per heavy atom. The normalized spacial score (nSPS) is 11.1. The summed E-state index contributed by atoms with van der Waals surface area (Å²) in [4.78, 5) is 11.8. The minimum absolute atomic E-state index is 0. The predicted molar refractivity (Wildman–Crippen MR) is 88.1 cm³/mol. The molecule has 1 aromatic rings. The van der Waals surface area contributed by atoms with Gasteiger partial charge in [0.2, 0.25) is 5.91 Å². The summed E-state index contributed by atoms with van der Waals surface area (Å²) >= 11 is 0. The number of rotatable bonds is 8. The van der Waals surface area contributed by atoms with Gasteiger partial charge in [0.1, 0.15) is 17.2 Å². The van der Waals surface area contributed by atoms with Crippen LogP contribution in [0.4, 0.5) is 0 Å². The first kappa shape index (κ1) is 20.3. The van der Waals surface area contributed by atoms with E-state index in [-0.39, 0.29) is 24.4 Å². The van der Waals surface area contributed by atoms with Gasteiger partial charge in [-0.25, -0.2) is 0 Å². The Hall–Kier alpha value is -1.66. The van der Waals surface area contributed by atoms with Gasteiger partial charge in [0.25, 0.3) is 0 Å². The summed E-state index contributed by atoms with van der Waals surface area (Å²) < 4.78 is 15.8. The van der Waals surface area contributed by atoms with Gasteiger partial charge in [0.05, 0.1) is 33.4 Å². The lowest BCUT2D eigenvalue weighted by molar-refractivity contribution is -0.121. The van der Waals surface area contributed by atoms with Crippen LogP contribution in [0.2, 0.25) is 0 Å². The fourth-order valence-electron chi connectivity index (χ4n) is 1.89. The average molecular weight is 333 g/mol. The van der Waals surface area contributed by atoms with Crippen LogP contribution in [0, 0.1) is 0 Å². The number of hydrogen-bond acceptors (Lipinski definition) is 5. The molecule has 1 unspecified atom stereocenters. The molecule has 0 heterocycles. The van der Waals surface area contributed by atoms with Crippen LogP contribution in [-0.4, -0.2) is 33.3 Å². The second-order valence-electron chi connectivity index (χ2n) is 4.80. The zero-order chi connectivity index (χ0) is 15.8. The van der Waals surface area contributed by atoms with Crippen molar-refractivity contribution in [3.8, 4) is 17.2 Å². The maximum Gasteiger partial charge on any atom is 0.220 e. The highest BCUT2D eigenvalue weighted by Gasteiger charge is 2.14. The smallest absolute Gasteiger partial charge is 0.220 e. The van der Waals surface area contributed by atoms with Crippen molar-refractivity contribution in [1.82, 2.24) is 5.32 Å². The van der Waals surface area contributed by atoms with Gasteiger partial charge in [-0.2, -0.15) is 0 Å². The third kappa shape index (κ3) is 5.99. The molecule has 0 fully saturated rings. The summed E-state index contributed by atoms with van der Waals surface area (Å²) in [6.45, 7) is 2.21. The molecule has 126 valence electrons. The first-order chi connectivity index (χ1) is 10.0. The van der Waals surface area contributed by atoms with E-state index in [2.05, 4.69) is 5.32 Å². The molecule has 3 N–H and O–H groups in total. The zero-order valence-electron chi connectivity index (χ0n) is 13.5. The van der Waals surface area contributed by atoms with E-state index in [1.54, 1.807) is 33.5 Å². The van der Waals surface area contributed by atoms with E-state index in [1.807, 2.05) is 6.92 Å². The number of benzene rings is 1. The van der Waals surface area contributed by atoms with Crippen LogP contribution < -0.4 is 25.3 Å². The SMILES string of the molecule is COc1cc(OC)c(CNC(=O)CCC(C)N)c(OC)c1.Cl. The third-order valence-corrected chi connectivity index (χ3v) is 3.11. The number of carbonyl (C=O) groups excluding carboxylic acids is 1. The van der Waals surface area contributed by atoms with E-state index in [9.17, 15) is 4.79 Å². The standard InChI is InChI=1S/C15H24N2O4.ClH/c1-10(16)5-6-15(18)17-9-12-13(20-3)7-11(19-2)8-14(12)21-4;/h7-8,10H,5-6,9,16H2,1-4H3,(H,17,18);1H. The van der Waals surface area contributed by atoms with Crippen molar-refractivity contribution in [3.05, 3.63) is 17.7 Å². The Balaban J connectivity index is 0.00000441. The molecule has 0 radical (unpaired) electrons. The molecule has 22 heavy (non-hydrogen) atoms. The van der Waals surface area contributed by atoms with Gasteiger partial charge in [-0.3, -0.25) is 4.79 Å². The van der Waals surface area contributed by atoms with Crippen LogP contribution in [0.1, 0.15) is 25.3 Å². The summed E-state index contributed by atoms with van der Waals surface area (Å²) in [6, 6.07) is 3.53. The van der Waals surface area contributed by atoms with Crippen molar-refractivity contribution in [2.24, 2.45) is 5.73 Å². The van der Waals surface area contributed by atoms with Crippen LogP contribution in [0.25, 0.3) is 0 Å². The van der Waals surface area contributed by atoms with Gasteiger partial charge >= 0.3 is 0 Å². The number of carbonyl (C=O) groups is 1. The lowest BCUT2D eigenvalue weighted by Crippen LogP contribution is -2.25. The fraction of sp³-hybridized carbons (Fsp3) is 0.533. The second-order valence-corrected chi connectivity index (χ2v) is 4.80. The highest BCUT2D eigenvalue weighted by Crippen LogP contribution is 2.33. The molecular weight excluding hydrogens is 308 g/mol. The largest absolute Gasteiger partial charge is 0.496 e. The zero-order valence-corrected chi connectivity index (χ0v) is 14.3. The summed E-state index contributed by atoms with van der Waals surface area (Å²) in [5.74, 6) is 1.81. The molecule has 0 aliphatic carbocycles. The van der Waals surface area contributed by atoms with Gasteiger partial charge in [-0.1, -0.05) is 0 Å². The first-order valence-electron chi connectivity index (χ1n) is 6.83. The predicted octanol–water partition coefficient (Wildman–Crippen LogP) is 1.88. The van der Waals surface area contributed by atoms with E-state index in [4.69, 9.17) is 19.9 Å². The second kappa shape index (κ2) is 10.1. The summed E-state index contributed by atoms with van der Waals surface area (Å²) in [5.41, 5.74) is 6.41. The van der Waals surface area contributed by atoms with Crippen molar-refractivity contribution in [2.75, 3.05) is 21.3 Å². The molecule has 1 rings (SSSR count). The van der Waals surface area contributed by atoms with Crippen molar-refractivity contribution in [1.29, 1.82) is 0 Å². The highest BCUT2D eigenvalue weighted by atomic mass is 35.5. The van der Waals surface area contributed by atoms with E-state index >= 15 is 0 Å². The summed E-state index contributed by atoms with van der Waals surface area (Å²) in [6.07, 6.45) is 1.06.